The van der Waals surface area contributed by atoms with Gasteiger partial charge in [-0.3, -0.25) is 0 Å². The van der Waals surface area contributed by atoms with E-state index < -0.39 is 11.7 Å². The number of hydrogen-bond donors (Lipinski definition) is 2. The van der Waals surface area contributed by atoms with E-state index in [-0.39, 0.29) is 5.95 Å². The van der Waals surface area contributed by atoms with Gasteiger partial charge in [-0.25, -0.2) is 9.78 Å². The first-order valence-corrected chi connectivity index (χ1v) is 8.00. The van der Waals surface area contributed by atoms with E-state index in [0.29, 0.717) is 42.2 Å². The number of rotatable bonds is 7. The summed E-state index contributed by atoms with van der Waals surface area (Å²) in [5, 5.41) is 21.1. The number of nitrogens with zero attached hydrogens (tertiary/aromatic N) is 3. The molecule has 0 atom stereocenters. The number of amides is 1. The van der Waals surface area contributed by atoms with Gasteiger partial charge >= 0.3 is 6.09 Å². The number of aromatic nitrogens is 3. The van der Waals surface area contributed by atoms with Crippen molar-refractivity contribution in [2.45, 2.75) is 26.4 Å². The Balaban J connectivity index is 1.64. The highest BCUT2D eigenvalue weighted by Crippen LogP contribution is 2.07. The first kappa shape index (κ1) is 18.7. The fraction of sp³-hybridized carbons (Fsp3) is 0.500. The molecule has 0 saturated heterocycles. The van der Waals surface area contributed by atoms with Crippen LogP contribution in [0.4, 0.5) is 10.7 Å². The maximum atomic E-state index is 11.8. The van der Waals surface area contributed by atoms with Crippen LogP contribution in [0.15, 0.2) is 24.3 Å². The molecule has 0 aliphatic carbocycles. The molecule has 0 radical (unpaired) electrons. The van der Waals surface area contributed by atoms with Gasteiger partial charge in [-0.2, -0.15) is 0 Å². The molecule has 2 rings (SSSR count). The molecule has 2 aromatic rings. The minimum atomic E-state index is -0.521. The number of hydrogen-bond acceptors (Lipinski definition) is 7. The quantitative estimate of drug-likeness (QED) is 0.439. The van der Waals surface area contributed by atoms with Crippen LogP contribution in [0.2, 0.25) is 0 Å². The lowest BCUT2D eigenvalue weighted by molar-refractivity contribution is -0.641. The average Bonchev–Trinajstić information content (AvgIpc) is 2.52. The van der Waals surface area contributed by atoms with Crippen LogP contribution in [0, 0.1) is 5.21 Å². The second kappa shape index (κ2) is 8.43. The zero-order valence-corrected chi connectivity index (χ0v) is 14.6. The van der Waals surface area contributed by atoms with Crippen molar-refractivity contribution in [1.82, 2.24) is 15.4 Å². The Hall–Kier alpha value is -2.68. The molecular formula is C16H23N5O4. The van der Waals surface area contributed by atoms with Gasteiger partial charge in [-0.05, 0) is 31.7 Å². The minimum absolute atomic E-state index is 0.240. The van der Waals surface area contributed by atoms with Crippen molar-refractivity contribution in [3.8, 4) is 0 Å². The van der Waals surface area contributed by atoms with Crippen LogP contribution < -0.4 is 15.5 Å². The van der Waals surface area contributed by atoms with E-state index in [9.17, 15) is 10.0 Å². The lowest BCUT2D eigenvalue weighted by Gasteiger charge is -2.19. The van der Waals surface area contributed by atoms with Crippen molar-refractivity contribution >= 4 is 23.1 Å². The first-order chi connectivity index (χ1) is 11.8. The van der Waals surface area contributed by atoms with Gasteiger partial charge in [0.25, 0.3) is 11.5 Å². The van der Waals surface area contributed by atoms with Gasteiger partial charge < -0.3 is 25.3 Å². The number of fused-ring (bicyclic) bond motifs is 1. The molecule has 0 aliphatic rings. The van der Waals surface area contributed by atoms with Crippen LogP contribution in [0.3, 0.4) is 0 Å². The Bertz CT molecular complexity index is 717. The second-order valence-electron chi connectivity index (χ2n) is 6.26. The Labute approximate surface area is 145 Å². The Kier molecular flexibility index (Phi) is 6.29. The van der Waals surface area contributed by atoms with E-state index >= 15 is 0 Å². The standard InChI is InChI=1S/C16H23N5O4/c1-16(2,3)25-15(22)18-9-11-24-10-8-17-14-19-12-6-4-5-7-13(12)21(23)20-14/h4-7H,8-11H2,1-3H3,(H,18,22)(H,17,19,20). The highest BCUT2D eigenvalue weighted by Gasteiger charge is 2.15. The number of benzene rings is 1. The summed E-state index contributed by atoms with van der Waals surface area (Å²) in [6.45, 7) is 6.92. The van der Waals surface area contributed by atoms with Gasteiger partial charge in [0.1, 0.15) is 11.1 Å². The number of carbonyl (C=O) groups excluding carboxylic acids is 1. The predicted octanol–water partition coefficient (Wildman–Crippen LogP) is 1.22. The fourth-order valence-corrected chi connectivity index (χ4v) is 1.95. The highest BCUT2D eigenvalue weighted by molar-refractivity contribution is 5.71. The molecule has 0 fully saturated rings. The number of carbonyl (C=O) groups is 1. The molecule has 9 heteroatoms. The molecule has 1 aromatic carbocycles. The van der Waals surface area contributed by atoms with Crippen LogP contribution >= 0.6 is 0 Å². The van der Waals surface area contributed by atoms with E-state index in [4.69, 9.17) is 9.47 Å². The largest absolute Gasteiger partial charge is 0.594 e. The predicted molar refractivity (Wildman–Crippen MR) is 92.0 cm³/mol. The van der Waals surface area contributed by atoms with Gasteiger partial charge in [0.2, 0.25) is 0 Å². The molecule has 0 spiro atoms. The number of anilines is 1. The summed E-state index contributed by atoms with van der Waals surface area (Å²) in [6.07, 6.45) is -0.473. The van der Waals surface area contributed by atoms with Crippen LogP contribution in [0.5, 0.6) is 0 Å². The van der Waals surface area contributed by atoms with Crippen LogP contribution in [0.1, 0.15) is 20.8 Å². The van der Waals surface area contributed by atoms with Crippen molar-refractivity contribution < 1.29 is 19.1 Å². The molecule has 25 heavy (non-hydrogen) atoms. The summed E-state index contributed by atoms with van der Waals surface area (Å²) in [4.78, 5) is 16.2. The molecule has 0 saturated carbocycles. The monoisotopic (exact) mass is 349 g/mol. The third-order valence-electron chi connectivity index (χ3n) is 2.94. The van der Waals surface area contributed by atoms with Crippen molar-refractivity contribution in [1.29, 1.82) is 0 Å². The smallest absolute Gasteiger partial charge is 0.407 e. The second-order valence-corrected chi connectivity index (χ2v) is 6.26. The van der Waals surface area contributed by atoms with Gasteiger partial charge in [0.15, 0.2) is 0 Å². The topological polar surface area (TPSA) is 112 Å². The van der Waals surface area contributed by atoms with E-state index in [1.807, 2.05) is 0 Å². The average molecular weight is 349 g/mol. The zero-order chi connectivity index (χ0) is 18.3. The number of para-hydroxylation sites is 2. The van der Waals surface area contributed by atoms with Crippen molar-refractivity contribution in [2.75, 3.05) is 31.6 Å². The Morgan fingerprint density at radius 3 is 2.72 bits per heavy atom. The minimum Gasteiger partial charge on any atom is -0.594 e. The van der Waals surface area contributed by atoms with Crippen LogP contribution in [-0.4, -0.2) is 48.1 Å². The fourth-order valence-electron chi connectivity index (χ4n) is 1.95. The lowest BCUT2D eigenvalue weighted by atomic mass is 10.2. The van der Waals surface area contributed by atoms with E-state index in [1.165, 1.54) is 0 Å². The third kappa shape index (κ3) is 6.38. The highest BCUT2D eigenvalue weighted by atomic mass is 16.6. The maximum absolute atomic E-state index is 11.8. The molecule has 0 bridgehead atoms. The van der Waals surface area contributed by atoms with E-state index in [1.54, 1.807) is 45.0 Å². The molecule has 1 heterocycles. The van der Waals surface area contributed by atoms with Crippen LogP contribution in [-0.2, 0) is 9.47 Å². The summed E-state index contributed by atoms with van der Waals surface area (Å²) in [7, 11) is 0. The number of nitrogens with one attached hydrogen (secondary N) is 2. The summed E-state index contributed by atoms with van der Waals surface area (Å²) in [5.41, 5.74) is 0.461. The molecule has 136 valence electrons. The first-order valence-electron chi connectivity index (χ1n) is 8.00. The SMILES string of the molecule is CC(C)(C)OC(=O)NCCOCCNc1nc2ccccc2[n+]([O-])n1. The molecule has 1 amide bonds. The van der Waals surface area contributed by atoms with Gasteiger partial charge in [-0.15, -0.1) is 0 Å². The number of ether oxygens (including phenoxy) is 2. The maximum Gasteiger partial charge on any atom is 0.407 e. The Morgan fingerprint density at radius 2 is 1.96 bits per heavy atom. The lowest BCUT2D eigenvalue weighted by Crippen LogP contribution is -2.34. The molecule has 9 nitrogen and oxygen atoms in total. The third-order valence-corrected chi connectivity index (χ3v) is 2.94. The van der Waals surface area contributed by atoms with E-state index in [2.05, 4.69) is 20.7 Å². The summed E-state index contributed by atoms with van der Waals surface area (Å²) >= 11 is 0. The van der Waals surface area contributed by atoms with Crippen molar-refractivity contribution in [2.24, 2.45) is 0 Å². The molecule has 1 aromatic heterocycles. The van der Waals surface area contributed by atoms with Gasteiger partial charge in [0.05, 0.1) is 18.3 Å². The normalized spacial score (nSPS) is 11.3. The molecule has 0 unspecified atom stereocenters. The van der Waals surface area contributed by atoms with Crippen molar-refractivity contribution in [3.63, 3.8) is 0 Å². The van der Waals surface area contributed by atoms with Crippen LogP contribution in [0.25, 0.3) is 11.0 Å². The van der Waals surface area contributed by atoms with Gasteiger partial charge in [0, 0.05) is 19.2 Å². The summed E-state index contributed by atoms with van der Waals surface area (Å²) in [5.74, 6) is 0.240. The molecular weight excluding hydrogens is 326 g/mol. The molecule has 2 N–H and O–H groups in total. The zero-order valence-electron chi connectivity index (χ0n) is 14.6. The number of alkyl carbamates (subject to hydrolysis) is 1. The van der Waals surface area contributed by atoms with Crippen molar-refractivity contribution in [3.05, 3.63) is 29.5 Å². The molecule has 0 aliphatic heterocycles. The Morgan fingerprint density at radius 1 is 1.24 bits per heavy atom. The summed E-state index contributed by atoms with van der Waals surface area (Å²) in [6, 6.07) is 6.97. The van der Waals surface area contributed by atoms with Gasteiger partial charge in [-0.1, -0.05) is 12.1 Å². The summed E-state index contributed by atoms with van der Waals surface area (Å²) < 4.78 is 10.5. The van der Waals surface area contributed by atoms with E-state index in [0.717, 1.165) is 0 Å².